The van der Waals surface area contributed by atoms with Crippen LogP contribution < -0.4 is 16.0 Å². The molecule has 0 spiro atoms. The lowest BCUT2D eigenvalue weighted by Gasteiger charge is -2.24. The molecule has 1 N–H and O–H groups in total. The Morgan fingerprint density at radius 1 is 1.16 bits per heavy atom. The van der Waals surface area contributed by atoms with E-state index < -0.39 is 0 Å². The summed E-state index contributed by atoms with van der Waals surface area (Å²) in [5, 5.41) is 0. The molecule has 0 aliphatic carbocycles. The first kappa shape index (κ1) is 21.4. The summed E-state index contributed by atoms with van der Waals surface area (Å²) >= 11 is 0. The first-order chi connectivity index (χ1) is 15.1. The number of aromatic nitrogens is 4. The number of aromatic amines is 1. The molecule has 0 amide bonds. The maximum Gasteiger partial charge on any atom is 0.330 e. The highest BCUT2D eigenvalue weighted by Gasteiger charge is 2.28. The average Bonchev–Trinajstić information content (AvgIpc) is 3.38. The van der Waals surface area contributed by atoms with Gasteiger partial charge in [-0.2, -0.15) is 0 Å². The minimum absolute atomic E-state index is 0.302. The van der Waals surface area contributed by atoms with E-state index in [9.17, 15) is 9.59 Å². The van der Waals surface area contributed by atoms with E-state index in [1.807, 2.05) is 23.6 Å². The van der Waals surface area contributed by atoms with Crippen molar-refractivity contribution in [1.29, 1.82) is 0 Å². The van der Waals surface area contributed by atoms with E-state index in [4.69, 9.17) is 9.72 Å². The average molecular weight is 426 g/mol. The number of nitrogens with zero attached hydrogens (tertiary/aromatic N) is 4. The van der Waals surface area contributed by atoms with Crippen molar-refractivity contribution in [3.8, 4) is 5.75 Å². The van der Waals surface area contributed by atoms with Crippen molar-refractivity contribution in [2.45, 2.75) is 65.2 Å². The number of fused-ring (bicyclic) bond motifs is 1. The molecule has 8 heteroatoms. The normalized spacial score (nSPS) is 16.9. The summed E-state index contributed by atoms with van der Waals surface area (Å²) in [6.45, 7) is 6.89. The Morgan fingerprint density at radius 3 is 2.61 bits per heavy atom. The third-order valence-corrected chi connectivity index (χ3v) is 6.22. The molecule has 31 heavy (non-hydrogen) atoms. The third kappa shape index (κ3) is 4.04. The van der Waals surface area contributed by atoms with Gasteiger partial charge in [0.1, 0.15) is 11.6 Å². The first-order valence-corrected chi connectivity index (χ1v) is 11.2. The van der Waals surface area contributed by atoms with Crippen molar-refractivity contribution < 1.29 is 4.74 Å². The van der Waals surface area contributed by atoms with Gasteiger partial charge in [-0.05, 0) is 50.4 Å². The molecule has 0 radical (unpaired) electrons. The van der Waals surface area contributed by atoms with Gasteiger partial charge < -0.3 is 9.30 Å². The van der Waals surface area contributed by atoms with Crippen molar-refractivity contribution in [2.75, 3.05) is 13.7 Å². The zero-order valence-electron chi connectivity index (χ0n) is 18.6. The molecule has 3 heterocycles. The van der Waals surface area contributed by atoms with Crippen LogP contribution >= 0.6 is 0 Å². The number of hydrogen-bond donors (Lipinski definition) is 1. The van der Waals surface area contributed by atoms with Crippen LogP contribution in [0.4, 0.5) is 0 Å². The second kappa shape index (κ2) is 9.09. The molecule has 3 aromatic rings. The van der Waals surface area contributed by atoms with E-state index in [2.05, 4.69) is 28.9 Å². The molecule has 4 rings (SSSR count). The van der Waals surface area contributed by atoms with Crippen LogP contribution in [0.2, 0.25) is 0 Å². The molecule has 1 aliphatic rings. The summed E-state index contributed by atoms with van der Waals surface area (Å²) in [6.07, 6.45) is 4.03. The summed E-state index contributed by atoms with van der Waals surface area (Å²) in [4.78, 5) is 34.8. The maximum absolute atomic E-state index is 12.6. The summed E-state index contributed by atoms with van der Waals surface area (Å²) < 4.78 is 8.86. The van der Waals surface area contributed by atoms with Gasteiger partial charge in [-0.1, -0.05) is 25.5 Å². The van der Waals surface area contributed by atoms with Crippen LogP contribution in [0.5, 0.6) is 5.75 Å². The molecule has 1 unspecified atom stereocenters. The molecular weight excluding hydrogens is 394 g/mol. The van der Waals surface area contributed by atoms with E-state index in [-0.39, 0.29) is 11.2 Å². The standard InChI is InChI=1S/C23H31N5O3/c1-4-6-14-28-21-20(22(29)25-23(28)30)27(5-2)19(24-21)15-26-13-7-8-18(26)16-9-11-17(31-3)12-10-16/h9-12,18H,4-8,13-15H2,1-3H3,(H,25,29,30). The summed E-state index contributed by atoms with van der Waals surface area (Å²) in [6, 6.07) is 8.55. The van der Waals surface area contributed by atoms with Gasteiger partial charge in [0.05, 0.1) is 13.7 Å². The van der Waals surface area contributed by atoms with E-state index in [1.54, 1.807) is 11.7 Å². The SMILES string of the molecule is CCCCn1c(=O)[nH]c(=O)c2c1nc(CN1CCCC1c1ccc(OC)cc1)n2CC. The van der Waals surface area contributed by atoms with Gasteiger partial charge in [0, 0.05) is 19.1 Å². The predicted octanol–water partition coefficient (Wildman–Crippen LogP) is 3.05. The maximum atomic E-state index is 12.6. The van der Waals surface area contributed by atoms with Crippen molar-refractivity contribution in [3.05, 3.63) is 56.5 Å². The van der Waals surface area contributed by atoms with Gasteiger partial charge >= 0.3 is 5.69 Å². The van der Waals surface area contributed by atoms with Gasteiger partial charge in [-0.25, -0.2) is 9.78 Å². The van der Waals surface area contributed by atoms with Crippen LogP contribution in [-0.4, -0.2) is 37.7 Å². The van der Waals surface area contributed by atoms with Gasteiger partial charge in [0.15, 0.2) is 11.2 Å². The number of benzene rings is 1. The molecule has 0 saturated carbocycles. The van der Waals surface area contributed by atoms with Crippen molar-refractivity contribution in [2.24, 2.45) is 0 Å². The molecule has 166 valence electrons. The van der Waals surface area contributed by atoms with Crippen LogP contribution in [0.1, 0.15) is 57.0 Å². The molecule has 0 bridgehead atoms. The van der Waals surface area contributed by atoms with Gasteiger partial charge in [-0.3, -0.25) is 19.2 Å². The Bertz CT molecular complexity index is 1160. The van der Waals surface area contributed by atoms with Crippen LogP contribution in [0.25, 0.3) is 11.2 Å². The van der Waals surface area contributed by atoms with E-state index >= 15 is 0 Å². The highest BCUT2D eigenvalue weighted by molar-refractivity contribution is 5.71. The number of ether oxygens (including phenoxy) is 1. The summed E-state index contributed by atoms with van der Waals surface area (Å²) in [5.41, 5.74) is 1.51. The Kier molecular flexibility index (Phi) is 6.27. The van der Waals surface area contributed by atoms with Crippen molar-refractivity contribution in [3.63, 3.8) is 0 Å². The number of rotatable bonds is 8. The lowest BCUT2D eigenvalue weighted by molar-refractivity contribution is 0.239. The largest absolute Gasteiger partial charge is 0.497 e. The second-order valence-corrected chi connectivity index (χ2v) is 8.11. The lowest BCUT2D eigenvalue weighted by Crippen LogP contribution is -2.31. The second-order valence-electron chi connectivity index (χ2n) is 8.11. The first-order valence-electron chi connectivity index (χ1n) is 11.2. The van der Waals surface area contributed by atoms with E-state index in [0.29, 0.717) is 36.8 Å². The number of nitrogens with one attached hydrogen (secondary N) is 1. The number of unbranched alkanes of at least 4 members (excludes halogenated alkanes) is 1. The van der Waals surface area contributed by atoms with Crippen LogP contribution in [0.15, 0.2) is 33.9 Å². The lowest BCUT2D eigenvalue weighted by atomic mass is 10.0. The predicted molar refractivity (Wildman–Crippen MR) is 121 cm³/mol. The van der Waals surface area contributed by atoms with Gasteiger partial charge in [0.2, 0.25) is 0 Å². The molecule has 8 nitrogen and oxygen atoms in total. The number of aryl methyl sites for hydroxylation is 2. The van der Waals surface area contributed by atoms with Gasteiger partial charge in [-0.15, -0.1) is 0 Å². The Balaban J connectivity index is 1.71. The monoisotopic (exact) mass is 425 g/mol. The molecule has 1 saturated heterocycles. The van der Waals surface area contributed by atoms with Crippen LogP contribution in [0, 0.1) is 0 Å². The fourth-order valence-corrected chi connectivity index (χ4v) is 4.60. The Labute approximate surface area is 181 Å². The topological polar surface area (TPSA) is 85.2 Å². The molecule has 1 aliphatic heterocycles. The number of hydrogen-bond acceptors (Lipinski definition) is 5. The third-order valence-electron chi connectivity index (χ3n) is 6.22. The number of methoxy groups -OCH3 is 1. The molecule has 2 aromatic heterocycles. The molecule has 1 aromatic carbocycles. The number of likely N-dealkylation sites (tertiary alicyclic amines) is 1. The van der Waals surface area contributed by atoms with Crippen LogP contribution in [0.3, 0.4) is 0 Å². The van der Waals surface area contributed by atoms with E-state index in [1.165, 1.54) is 5.56 Å². The van der Waals surface area contributed by atoms with E-state index in [0.717, 1.165) is 43.8 Å². The number of imidazole rings is 1. The smallest absolute Gasteiger partial charge is 0.330 e. The van der Waals surface area contributed by atoms with Crippen molar-refractivity contribution in [1.82, 2.24) is 24.0 Å². The summed E-state index contributed by atoms with van der Waals surface area (Å²) in [7, 11) is 1.67. The highest BCUT2D eigenvalue weighted by atomic mass is 16.5. The zero-order chi connectivity index (χ0) is 22.0. The molecule has 1 fully saturated rings. The fourth-order valence-electron chi connectivity index (χ4n) is 4.60. The van der Waals surface area contributed by atoms with Crippen LogP contribution in [-0.2, 0) is 19.6 Å². The quantitative estimate of drug-likeness (QED) is 0.600. The number of H-pyrrole nitrogens is 1. The Hall–Kier alpha value is -2.87. The minimum atomic E-state index is -0.379. The van der Waals surface area contributed by atoms with Crippen molar-refractivity contribution >= 4 is 11.2 Å². The highest BCUT2D eigenvalue weighted by Crippen LogP contribution is 2.34. The zero-order valence-corrected chi connectivity index (χ0v) is 18.6. The fraction of sp³-hybridized carbons (Fsp3) is 0.522. The van der Waals surface area contributed by atoms with Gasteiger partial charge in [0.25, 0.3) is 5.56 Å². The Morgan fingerprint density at radius 2 is 1.94 bits per heavy atom. The molecular formula is C23H31N5O3. The summed E-state index contributed by atoms with van der Waals surface area (Å²) in [5.74, 6) is 1.68. The molecule has 1 atom stereocenters. The minimum Gasteiger partial charge on any atom is -0.497 e.